The highest BCUT2D eigenvalue weighted by Gasteiger charge is 2.10. The van der Waals surface area contributed by atoms with Crippen molar-refractivity contribution in [2.75, 3.05) is 0 Å². The van der Waals surface area contributed by atoms with Crippen molar-refractivity contribution >= 4 is 0 Å². The zero-order valence-electron chi connectivity index (χ0n) is 11.9. The minimum atomic E-state index is 0.212. The first-order chi connectivity index (χ1) is 7.92. The summed E-state index contributed by atoms with van der Waals surface area (Å²) in [6.45, 7) is 10.2. The van der Waals surface area contributed by atoms with Crippen molar-refractivity contribution < 1.29 is 0 Å². The normalized spacial score (nSPS) is 13.9. The molecule has 1 unspecified atom stereocenters. The molecule has 0 spiro atoms. The highest BCUT2D eigenvalue weighted by atomic mass is 14.9. The van der Waals surface area contributed by atoms with Gasteiger partial charge in [0.25, 0.3) is 0 Å². The predicted molar refractivity (Wildman–Crippen MR) is 75.0 cm³/mol. The standard InChI is InChI=1S/C15H28N2/c1-5-7-14(16)13-8-11-17(12-13)10-6-9-15(2,3)4/h8,11-12,14H,5-7,9-10,16H2,1-4H3. The average molecular weight is 236 g/mol. The molecule has 0 aliphatic rings. The summed E-state index contributed by atoms with van der Waals surface area (Å²) in [6, 6.07) is 2.38. The lowest BCUT2D eigenvalue weighted by Crippen LogP contribution is -2.09. The Labute approximate surface area is 106 Å². The highest BCUT2D eigenvalue weighted by Crippen LogP contribution is 2.21. The van der Waals surface area contributed by atoms with Crippen LogP contribution in [0.4, 0.5) is 0 Å². The molecule has 0 amide bonds. The van der Waals surface area contributed by atoms with Crippen molar-refractivity contribution in [3.63, 3.8) is 0 Å². The van der Waals surface area contributed by atoms with Crippen molar-refractivity contribution in [3.8, 4) is 0 Å². The van der Waals surface area contributed by atoms with Crippen molar-refractivity contribution in [3.05, 3.63) is 24.0 Å². The Morgan fingerprint density at radius 2 is 2.06 bits per heavy atom. The van der Waals surface area contributed by atoms with Gasteiger partial charge < -0.3 is 10.3 Å². The van der Waals surface area contributed by atoms with Gasteiger partial charge in [0, 0.05) is 25.0 Å². The van der Waals surface area contributed by atoms with E-state index >= 15 is 0 Å². The topological polar surface area (TPSA) is 30.9 Å². The van der Waals surface area contributed by atoms with Crippen LogP contribution in [0.2, 0.25) is 0 Å². The van der Waals surface area contributed by atoms with Crippen molar-refractivity contribution in [1.82, 2.24) is 4.57 Å². The van der Waals surface area contributed by atoms with Gasteiger partial charge in [-0.1, -0.05) is 34.1 Å². The monoisotopic (exact) mass is 236 g/mol. The molecular formula is C15H28N2. The molecule has 0 aromatic carbocycles. The zero-order valence-corrected chi connectivity index (χ0v) is 11.9. The molecule has 1 aromatic rings. The van der Waals surface area contributed by atoms with Gasteiger partial charge in [0.15, 0.2) is 0 Å². The highest BCUT2D eigenvalue weighted by molar-refractivity contribution is 5.14. The number of nitrogens with two attached hydrogens (primary N) is 1. The van der Waals surface area contributed by atoms with E-state index in [2.05, 4.69) is 50.7 Å². The number of rotatable bonds is 6. The summed E-state index contributed by atoms with van der Waals surface area (Å²) in [5.41, 5.74) is 7.82. The van der Waals surface area contributed by atoms with Crippen LogP contribution in [0.5, 0.6) is 0 Å². The molecule has 98 valence electrons. The van der Waals surface area contributed by atoms with Crippen LogP contribution in [0.3, 0.4) is 0 Å². The van der Waals surface area contributed by atoms with Crippen molar-refractivity contribution in [2.45, 2.75) is 66.0 Å². The molecule has 2 N–H and O–H groups in total. The average Bonchev–Trinajstić information content (AvgIpc) is 2.65. The van der Waals surface area contributed by atoms with Gasteiger partial charge >= 0.3 is 0 Å². The molecule has 0 bridgehead atoms. The molecule has 0 saturated heterocycles. The van der Waals surface area contributed by atoms with E-state index in [9.17, 15) is 0 Å². The Hall–Kier alpha value is -0.760. The molecule has 2 nitrogen and oxygen atoms in total. The Morgan fingerprint density at radius 1 is 1.35 bits per heavy atom. The van der Waals surface area contributed by atoms with Gasteiger partial charge in [0.2, 0.25) is 0 Å². The number of aromatic nitrogens is 1. The lowest BCUT2D eigenvalue weighted by molar-refractivity contribution is 0.353. The molecule has 1 atom stereocenters. The minimum absolute atomic E-state index is 0.212. The molecule has 1 aromatic heterocycles. The van der Waals surface area contributed by atoms with E-state index in [0.717, 1.165) is 19.4 Å². The first kappa shape index (κ1) is 14.3. The largest absolute Gasteiger partial charge is 0.354 e. The van der Waals surface area contributed by atoms with Crippen LogP contribution in [0.1, 0.15) is 65.0 Å². The third kappa shape index (κ3) is 5.40. The fourth-order valence-electron chi connectivity index (χ4n) is 2.09. The number of nitrogens with zero attached hydrogens (tertiary/aromatic N) is 1. The van der Waals surface area contributed by atoms with Gasteiger partial charge in [-0.3, -0.25) is 0 Å². The third-order valence-corrected chi connectivity index (χ3v) is 3.14. The quantitative estimate of drug-likeness (QED) is 0.791. The fourth-order valence-corrected chi connectivity index (χ4v) is 2.09. The van der Waals surface area contributed by atoms with E-state index in [1.54, 1.807) is 0 Å². The van der Waals surface area contributed by atoms with Gasteiger partial charge in [-0.2, -0.15) is 0 Å². The van der Waals surface area contributed by atoms with Gasteiger partial charge in [0.1, 0.15) is 0 Å². The predicted octanol–water partition coefficient (Wildman–Crippen LogP) is 4.11. The van der Waals surface area contributed by atoms with E-state index < -0.39 is 0 Å². The maximum atomic E-state index is 6.10. The summed E-state index contributed by atoms with van der Waals surface area (Å²) >= 11 is 0. The fraction of sp³-hybridized carbons (Fsp3) is 0.733. The van der Waals surface area contributed by atoms with Crippen LogP contribution in [0, 0.1) is 5.41 Å². The van der Waals surface area contributed by atoms with Gasteiger partial charge in [-0.15, -0.1) is 0 Å². The smallest absolute Gasteiger partial charge is 0.0309 e. The van der Waals surface area contributed by atoms with Crippen LogP contribution >= 0.6 is 0 Å². The molecule has 0 fully saturated rings. The Morgan fingerprint density at radius 3 is 2.65 bits per heavy atom. The first-order valence-corrected chi connectivity index (χ1v) is 6.83. The number of aryl methyl sites for hydroxylation is 1. The van der Waals surface area contributed by atoms with E-state index in [-0.39, 0.29) is 6.04 Å². The van der Waals surface area contributed by atoms with Gasteiger partial charge in [0.05, 0.1) is 0 Å². The second-order valence-electron chi connectivity index (χ2n) is 6.24. The van der Waals surface area contributed by atoms with E-state index in [1.165, 1.54) is 18.4 Å². The van der Waals surface area contributed by atoms with Crippen molar-refractivity contribution in [1.29, 1.82) is 0 Å². The summed E-state index contributed by atoms with van der Waals surface area (Å²) in [5.74, 6) is 0. The molecule has 1 rings (SSSR count). The minimum Gasteiger partial charge on any atom is -0.354 e. The van der Waals surface area contributed by atoms with Crippen LogP contribution in [-0.2, 0) is 6.54 Å². The number of hydrogen-bond donors (Lipinski definition) is 1. The molecule has 0 saturated carbocycles. The van der Waals surface area contributed by atoms with Crippen molar-refractivity contribution in [2.24, 2.45) is 11.1 Å². The molecule has 0 aliphatic heterocycles. The maximum Gasteiger partial charge on any atom is 0.0309 e. The summed E-state index contributed by atoms with van der Waals surface area (Å²) in [4.78, 5) is 0. The summed E-state index contributed by atoms with van der Waals surface area (Å²) < 4.78 is 2.27. The maximum absolute atomic E-state index is 6.10. The Bertz CT molecular complexity index is 320. The summed E-state index contributed by atoms with van der Waals surface area (Å²) in [7, 11) is 0. The molecule has 2 heteroatoms. The first-order valence-electron chi connectivity index (χ1n) is 6.83. The molecule has 17 heavy (non-hydrogen) atoms. The van der Waals surface area contributed by atoms with E-state index in [1.807, 2.05) is 0 Å². The van der Waals surface area contributed by atoms with Gasteiger partial charge in [-0.25, -0.2) is 0 Å². The Kier molecular flexibility index (Phi) is 5.26. The third-order valence-electron chi connectivity index (χ3n) is 3.14. The lowest BCUT2D eigenvalue weighted by atomic mass is 9.91. The number of hydrogen-bond acceptors (Lipinski definition) is 1. The summed E-state index contributed by atoms with van der Waals surface area (Å²) in [6.07, 6.45) is 9.10. The summed E-state index contributed by atoms with van der Waals surface area (Å²) in [5, 5.41) is 0. The molecule has 0 radical (unpaired) electrons. The SMILES string of the molecule is CCCC(N)c1ccn(CCCC(C)(C)C)c1. The molecule has 0 aliphatic carbocycles. The second-order valence-corrected chi connectivity index (χ2v) is 6.24. The van der Waals surface area contributed by atoms with Gasteiger partial charge in [-0.05, 0) is 36.3 Å². The van der Waals surface area contributed by atoms with E-state index in [4.69, 9.17) is 5.73 Å². The van der Waals surface area contributed by atoms with Crippen LogP contribution in [0.15, 0.2) is 18.5 Å². The molecular weight excluding hydrogens is 208 g/mol. The van der Waals surface area contributed by atoms with Crippen LogP contribution in [-0.4, -0.2) is 4.57 Å². The molecule has 1 heterocycles. The van der Waals surface area contributed by atoms with Crippen LogP contribution in [0.25, 0.3) is 0 Å². The van der Waals surface area contributed by atoms with E-state index in [0.29, 0.717) is 5.41 Å². The van der Waals surface area contributed by atoms with Crippen LogP contribution < -0.4 is 5.73 Å². The second kappa shape index (κ2) is 6.25. The lowest BCUT2D eigenvalue weighted by Gasteiger charge is -2.17. The zero-order chi connectivity index (χ0) is 12.9. The Balaban J connectivity index is 2.40.